The van der Waals surface area contributed by atoms with E-state index in [1.54, 1.807) is 6.08 Å². The van der Waals surface area contributed by atoms with Gasteiger partial charge in [0.05, 0.1) is 16.7 Å². The summed E-state index contributed by atoms with van der Waals surface area (Å²) in [7, 11) is 0. The molecule has 0 atom stereocenters. The number of carbonyl (C=O) groups excluding carboxylic acids is 2. The second-order valence-electron chi connectivity index (χ2n) is 4.34. The molecule has 1 aliphatic rings. The van der Waals surface area contributed by atoms with Gasteiger partial charge in [0.15, 0.2) is 5.78 Å². The average molecular weight is 253 g/mol. The maximum atomic E-state index is 11.9. The van der Waals surface area contributed by atoms with E-state index < -0.39 is 0 Å². The molecule has 0 aliphatic heterocycles. The van der Waals surface area contributed by atoms with E-state index >= 15 is 0 Å². The van der Waals surface area contributed by atoms with Gasteiger partial charge >= 0.3 is 0 Å². The molecule has 0 radical (unpaired) electrons. The van der Waals surface area contributed by atoms with Crippen molar-refractivity contribution in [3.8, 4) is 0 Å². The fourth-order valence-electron chi connectivity index (χ4n) is 2.07. The van der Waals surface area contributed by atoms with Crippen LogP contribution < -0.4 is 5.32 Å². The molecule has 94 valence electrons. The fourth-order valence-corrected chi connectivity index (χ4v) is 2.07. The van der Waals surface area contributed by atoms with Crippen LogP contribution in [0.4, 0.5) is 0 Å². The molecule has 5 heteroatoms. The zero-order valence-corrected chi connectivity index (χ0v) is 10.3. The molecule has 1 aromatic carbocycles. The molecule has 0 saturated heterocycles. The maximum absolute atomic E-state index is 11.9. The number of nitrogens with zero attached hydrogens (tertiary/aromatic N) is 2. The minimum atomic E-state index is -0.193. The SMILES string of the molecule is CC(=O)NC1=CCC(=O)c2nc3ccccc3nc21. The van der Waals surface area contributed by atoms with Crippen LogP contribution in [0.2, 0.25) is 0 Å². The number of rotatable bonds is 1. The lowest BCUT2D eigenvalue weighted by molar-refractivity contribution is -0.117. The van der Waals surface area contributed by atoms with Gasteiger partial charge in [-0.25, -0.2) is 9.97 Å². The summed E-state index contributed by atoms with van der Waals surface area (Å²) in [5.41, 5.74) is 2.71. The molecule has 1 aromatic heterocycles. The maximum Gasteiger partial charge on any atom is 0.221 e. The van der Waals surface area contributed by atoms with E-state index in [0.29, 0.717) is 28.1 Å². The lowest BCUT2D eigenvalue weighted by Crippen LogP contribution is -2.24. The van der Waals surface area contributed by atoms with E-state index in [1.807, 2.05) is 24.3 Å². The highest BCUT2D eigenvalue weighted by Crippen LogP contribution is 2.23. The second kappa shape index (κ2) is 4.28. The van der Waals surface area contributed by atoms with Gasteiger partial charge in [0.1, 0.15) is 11.4 Å². The summed E-state index contributed by atoms with van der Waals surface area (Å²) < 4.78 is 0. The van der Waals surface area contributed by atoms with Gasteiger partial charge in [-0.1, -0.05) is 18.2 Å². The van der Waals surface area contributed by atoms with E-state index in [-0.39, 0.29) is 18.1 Å². The molecule has 1 amide bonds. The van der Waals surface area contributed by atoms with Crippen LogP contribution in [0, 0.1) is 0 Å². The molecule has 19 heavy (non-hydrogen) atoms. The Labute approximate surface area is 109 Å². The molecular weight excluding hydrogens is 242 g/mol. The highest BCUT2D eigenvalue weighted by atomic mass is 16.1. The van der Waals surface area contributed by atoms with Crippen LogP contribution in [0.1, 0.15) is 29.5 Å². The molecule has 0 bridgehead atoms. The van der Waals surface area contributed by atoms with Gasteiger partial charge in [-0.15, -0.1) is 0 Å². The normalized spacial score (nSPS) is 13.9. The Hall–Kier alpha value is -2.56. The van der Waals surface area contributed by atoms with Gasteiger partial charge in [0, 0.05) is 13.3 Å². The molecule has 1 heterocycles. The number of hydrogen-bond acceptors (Lipinski definition) is 4. The molecule has 1 N–H and O–H groups in total. The fraction of sp³-hybridized carbons (Fsp3) is 0.143. The Morgan fingerprint density at radius 3 is 2.42 bits per heavy atom. The van der Waals surface area contributed by atoms with Crippen LogP contribution >= 0.6 is 0 Å². The predicted octanol–water partition coefficient (Wildman–Crippen LogP) is 1.69. The first-order valence-corrected chi connectivity index (χ1v) is 5.93. The van der Waals surface area contributed by atoms with Crippen LogP contribution in [-0.2, 0) is 4.79 Å². The number of ketones is 1. The van der Waals surface area contributed by atoms with E-state index in [1.165, 1.54) is 6.92 Å². The zero-order chi connectivity index (χ0) is 13.4. The van der Waals surface area contributed by atoms with Crippen molar-refractivity contribution in [2.24, 2.45) is 0 Å². The van der Waals surface area contributed by atoms with Crippen LogP contribution in [0.3, 0.4) is 0 Å². The summed E-state index contributed by atoms with van der Waals surface area (Å²) in [6, 6.07) is 7.34. The molecule has 0 saturated carbocycles. The summed E-state index contributed by atoms with van der Waals surface area (Å²) >= 11 is 0. The van der Waals surface area contributed by atoms with Crippen molar-refractivity contribution in [1.82, 2.24) is 15.3 Å². The molecule has 2 aromatic rings. The van der Waals surface area contributed by atoms with Gasteiger partial charge in [-0.05, 0) is 12.1 Å². The lowest BCUT2D eigenvalue weighted by Gasteiger charge is -2.16. The first kappa shape index (κ1) is 11.5. The molecule has 1 aliphatic carbocycles. The van der Waals surface area contributed by atoms with Crippen LogP contribution in [0.15, 0.2) is 30.3 Å². The summed E-state index contributed by atoms with van der Waals surface area (Å²) in [5.74, 6) is -0.274. The third kappa shape index (κ3) is 1.99. The second-order valence-corrected chi connectivity index (χ2v) is 4.34. The Morgan fingerprint density at radius 2 is 1.79 bits per heavy atom. The third-order valence-electron chi connectivity index (χ3n) is 2.89. The minimum absolute atomic E-state index is 0.0812. The quantitative estimate of drug-likeness (QED) is 0.839. The average Bonchev–Trinajstić information content (AvgIpc) is 2.40. The van der Waals surface area contributed by atoms with E-state index in [9.17, 15) is 9.59 Å². The highest BCUT2D eigenvalue weighted by molar-refractivity contribution is 6.04. The van der Waals surface area contributed by atoms with E-state index in [4.69, 9.17) is 0 Å². The Morgan fingerprint density at radius 1 is 1.16 bits per heavy atom. The van der Waals surface area contributed by atoms with E-state index in [2.05, 4.69) is 15.3 Å². The van der Waals surface area contributed by atoms with Crippen molar-refractivity contribution in [2.45, 2.75) is 13.3 Å². The van der Waals surface area contributed by atoms with Crippen molar-refractivity contribution in [1.29, 1.82) is 0 Å². The number of hydrogen-bond donors (Lipinski definition) is 1. The number of para-hydroxylation sites is 2. The molecule has 0 fully saturated rings. The largest absolute Gasteiger partial charge is 0.325 e. The van der Waals surface area contributed by atoms with Crippen molar-refractivity contribution in [3.05, 3.63) is 41.7 Å². The standard InChI is InChI=1S/C14H11N3O2/c1-8(18)15-11-6-7-12(19)14-13(11)16-9-4-2-3-5-10(9)17-14/h2-6H,7H2,1H3,(H,15,18). The monoisotopic (exact) mass is 253 g/mol. The Bertz CT molecular complexity index is 735. The summed E-state index contributed by atoms with van der Waals surface area (Å²) in [4.78, 5) is 31.9. The Balaban J connectivity index is 2.22. The van der Waals surface area contributed by atoms with Gasteiger partial charge in [-0.3, -0.25) is 9.59 Å². The summed E-state index contributed by atoms with van der Waals surface area (Å²) in [6.07, 6.45) is 1.91. The van der Waals surface area contributed by atoms with Crippen molar-refractivity contribution in [3.63, 3.8) is 0 Å². The lowest BCUT2D eigenvalue weighted by atomic mass is 10.0. The van der Waals surface area contributed by atoms with Gasteiger partial charge in [-0.2, -0.15) is 0 Å². The number of allylic oxidation sites excluding steroid dienone is 1. The molecule has 0 spiro atoms. The smallest absolute Gasteiger partial charge is 0.221 e. The number of benzene rings is 1. The molecule has 0 unspecified atom stereocenters. The van der Waals surface area contributed by atoms with E-state index in [0.717, 1.165) is 0 Å². The minimum Gasteiger partial charge on any atom is -0.325 e. The predicted molar refractivity (Wildman–Crippen MR) is 70.3 cm³/mol. The summed E-state index contributed by atoms with van der Waals surface area (Å²) in [6.45, 7) is 1.42. The number of nitrogens with one attached hydrogen (secondary N) is 1. The van der Waals surface area contributed by atoms with Crippen LogP contribution in [0.25, 0.3) is 16.7 Å². The Kier molecular flexibility index (Phi) is 2.59. The molecule has 5 nitrogen and oxygen atoms in total. The van der Waals surface area contributed by atoms with Crippen LogP contribution in [-0.4, -0.2) is 21.7 Å². The number of carbonyl (C=O) groups is 2. The number of aromatic nitrogens is 2. The first-order valence-electron chi connectivity index (χ1n) is 5.93. The number of fused-ring (bicyclic) bond motifs is 2. The number of Topliss-reactive ketones (excluding diaryl/α,β-unsaturated/α-hetero) is 1. The van der Waals surface area contributed by atoms with Crippen molar-refractivity contribution in [2.75, 3.05) is 0 Å². The van der Waals surface area contributed by atoms with Gasteiger partial charge in [0.25, 0.3) is 0 Å². The van der Waals surface area contributed by atoms with Crippen LogP contribution in [0.5, 0.6) is 0 Å². The number of amides is 1. The highest BCUT2D eigenvalue weighted by Gasteiger charge is 2.23. The molecular formula is C14H11N3O2. The van der Waals surface area contributed by atoms with Gasteiger partial charge < -0.3 is 5.32 Å². The first-order chi connectivity index (χ1) is 9.15. The molecule has 3 rings (SSSR count). The topological polar surface area (TPSA) is 72.0 Å². The van der Waals surface area contributed by atoms with Crippen molar-refractivity contribution >= 4 is 28.4 Å². The third-order valence-corrected chi connectivity index (χ3v) is 2.89. The van der Waals surface area contributed by atoms with Gasteiger partial charge in [0.2, 0.25) is 5.91 Å². The zero-order valence-electron chi connectivity index (χ0n) is 10.3. The summed E-state index contributed by atoms with van der Waals surface area (Å²) in [5, 5.41) is 2.69. The van der Waals surface area contributed by atoms with Crippen molar-refractivity contribution < 1.29 is 9.59 Å².